The summed E-state index contributed by atoms with van der Waals surface area (Å²) in [6, 6.07) is 0.169. The Kier molecular flexibility index (Phi) is 3.59. The van der Waals surface area contributed by atoms with E-state index in [1.165, 1.54) is 18.0 Å². The topological polar surface area (TPSA) is 90.1 Å². The van der Waals surface area contributed by atoms with Crippen LogP contribution in [0.4, 0.5) is 5.82 Å². The molecule has 7 nitrogen and oxygen atoms in total. The molecule has 0 unspecified atom stereocenters. The Labute approximate surface area is 104 Å². The zero-order valence-electron chi connectivity index (χ0n) is 10.3. The first-order chi connectivity index (χ1) is 8.59. The number of amides is 1. The number of nitrogens with one attached hydrogen (secondary N) is 1. The number of hydrogen-bond donors (Lipinski definition) is 1. The van der Waals surface area contributed by atoms with Gasteiger partial charge in [-0.3, -0.25) is 4.79 Å². The fourth-order valence-corrected chi connectivity index (χ4v) is 2.28. The number of nitrogens with zero attached hydrogens (tertiary/aromatic N) is 3. The van der Waals surface area contributed by atoms with E-state index < -0.39 is 4.92 Å². The van der Waals surface area contributed by atoms with Gasteiger partial charge in [-0.1, -0.05) is 19.3 Å². The van der Waals surface area contributed by atoms with Gasteiger partial charge < -0.3 is 15.4 Å². The van der Waals surface area contributed by atoms with Crippen LogP contribution >= 0.6 is 0 Å². The highest BCUT2D eigenvalue weighted by Gasteiger charge is 2.25. The van der Waals surface area contributed by atoms with Crippen molar-refractivity contribution >= 4 is 11.7 Å². The Balaban J connectivity index is 2.06. The minimum Gasteiger partial charge on any atom is -0.358 e. The number of imidazole rings is 1. The van der Waals surface area contributed by atoms with Crippen LogP contribution in [-0.2, 0) is 7.05 Å². The van der Waals surface area contributed by atoms with Crippen molar-refractivity contribution in [1.29, 1.82) is 0 Å². The van der Waals surface area contributed by atoms with Gasteiger partial charge in [-0.15, -0.1) is 0 Å². The molecule has 0 aromatic carbocycles. The Morgan fingerprint density at radius 3 is 2.72 bits per heavy atom. The number of carbonyl (C=O) groups excluding carboxylic acids is 1. The van der Waals surface area contributed by atoms with Gasteiger partial charge in [0.05, 0.1) is 7.05 Å². The first-order valence-electron chi connectivity index (χ1n) is 6.06. The Hall–Kier alpha value is -1.92. The van der Waals surface area contributed by atoms with E-state index in [0.717, 1.165) is 31.9 Å². The minimum atomic E-state index is -0.551. The van der Waals surface area contributed by atoms with Crippen LogP contribution in [0.25, 0.3) is 0 Å². The molecule has 2 rings (SSSR count). The summed E-state index contributed by atoms with van der Waals surface area (Å²) < 4.78 is 1.21. The Morgan fingerprint density at radius 2 is 2.17 bits per heavy atom. The molecule has 1 aliphatic carbocycles. The Morgan fingerprint density at radius 1 is 1.50 bits per heavy atom. The predicted octanol–water partition coefficient (Wildman–Crippen LogP) is 1.39. The zero-order valence-corrected chi connectivity index (χ0v) is 10.3. The SMILES string of the molecule is Cn1c([N+](=O)[O-])cnc1C(=O)NC1CCCCC1. The molecular formula is C11H16N4O3. The quantitative estimate of drug-likeness (QED) is 0.650. The van der Waals surface area contributed by atoms with E-state index in [9.17, 15) is 14.9 Å². The summed E-state index contributed by atoms with van der Waals surface area (Å²) in [5.41, 5.74) is 0. The molecule has 98 valence electrons. The number of nitro groups is 1. The van der Waals surface area contributed by atoms with Gasteiger partial charge in [0.1, 0.15) is 6.20 Å². The van der Waals surface area contributed by atoms with Crippen molar-refractivity contribution in [3.05, 3.63) is 22.1 Å². The van der Waals surface area contributed by atoms with Gasteiger partial charge in [-0.2, -0.15) is 0 Å². The first-order valence-corrected chi connectivity index (χ1v) is 6.06. The molecule has 7 heteroatoms. The summed E-state index contributed by atoms with van der Waals surface area (Å²) in [5.74, 6) is -0.423. The molecule has 1 amide bonds. The molecule has 0 atom stereocenters. The van der Waals surface area contributed by atoms with Crippen LogP contribution in [0.1, 0.15) is 42.7 Å². The van der Waals surface area contributed by atoms with Crippen LogP contribution in [0, 0.1) is 10.1 Å². The van der Waals surface area contributed by atoms with Gasteiger partial charge >= 0.3 is 11.7 Å². The number of aromatic nitrogens is 2. The van der Waals surface area contributed by atoms with Crippen LogP contribution in [0.5, 0.6) is 0 Å². The van der Waals surface area contributed by atoms with E-state index in [2.05, 4.69) is 10.3 Å². The third-order valence-corrected chi connectivity index (χ3v) is 3.29. The maximum Gasteiger partial charge on any atom is 0.343 e. The highest BCUT2D eigenvalue weighted by atomic mass is 16.6. The second kappa shape index (κ2) is 5.16. The van der Waals surface area contributed by atoms with Crippen molar-refractivity contribution in [2.24, 2.45) is 7.05 Å². The van der Waals surface area contributed by atoms with Crippen LogP contribution in [-0.4, -0.2) is 26.4 Å². The lowest BCUT2D eigenvalue weighted by molar-refractivity contribution is -0.391. The molecule has 1 aromatic heterocycles. The molecule has 0 bridgehead atoms. The summed E-state index contributed by atoms with van der Waals surface area (Å²) in [5, 5.41) is 13.5. The molecule has 1 aromatic rings. The molecule has 0 radical (unpaired) electrons. The van der Waals surface area contributed by atoms with Crippen molar-refractivity contribution < 1.29 is 9.72 Å². The third-order valence-electron chi connectivity index (χ3n) is 3.29. The maximum absolute atomic E-state index is 12.0. The second-order valence-electron chi connectivity index (χ2n) is 4.56. The van der Waals surface area contributed by atoms with Crippen LogP contribution in [0.2, 0.25) is 0 Å². The van der Waals surface area contributed by atoms with E-state index in [-0.39, 0.29) is 23.6 Å². The van der Waals surface area contributed by atoms with Gasteiger partial charge in [0.2, 0.25) is 0 Å². The van der Waals surface area contributed by atoms with Gasteiger partial charge in [0.15, 0.2) is 0 Å². The lowest BCUT2D eigenvalue weighted by Crippen LogP contribution is -2.37. The molecule has 1 fully saturated rings. The summed E-state index contributed by atoms with van der Waals surface area (Å²) in [4.78, 5) is 25.9. The summed E-state index contributed by atoms with van der Waals surface area (Å²) in [6.07, 6.45) is 6.49. The average Bonchev–Trinajstić information content (AvgIpc) is 2.72. The largest absolute Gasteiger partial charge is 0.358 e. The van der Waals surface area contributed by atoms with Gasteiger partial charge in [-0.05, 0) is 17.8 Å². The Bertz CT molecular complexity index is 463. The monoisotopic (exact) mass is 252 g/mol. The highest BCUT2D eigenvalue weighted by molar-refractivity contribution is 5.91. The fourth-order valence-electron chi connectivity index (χ4n) is 2.28. The number of rotatable bonds is 3. The first kappa shape index (κ1) is 12.5. The fraction of sp³-hybridized carbons (Fsp3) is 0.636. The summed E-state index contributed by atoms with van der Waals surface area (Å²) in [6.45, 7) is 0. The molecule has 0 aliphatic heterocycles. The summed E-state index contributed by atoms with van der Waals surface area (Å²) >= 11 is 0. The second-order valence-corrected chi connectivity index (χ2v) is 4.56. The molecule has 1 saturated carbocycles. The third kappa shape index (κ3) is 2.49. The lowest BCUT2D eigenvalue weighted by Gasteiger charge is -2.21. The average molecular weight is 252 g/mol. The van der Waals surface area contributed by atoms with Gasteiger partial charge in [-0.25, -0.2) is 9.55 Å². The molecular weight excluding hydrogens is 236 g/mol. The molecule has 0 saturated heterocycles. The molecule has 1 aliphatic rings. The maximum atomic E-state index is 12.0. The van der Waals surface area contributed by atoms with E-state index in [4.69, 9.17) is 0 Å². The van der Waals surface area contributed by atoms with Crippen LogP contribution in [0.3, 0.4) is 0 Å². The normalized spacial score (nSPS) is 16.5. The van der Waals surface area contributed by atoms with Crippen LogP contribution < -0.4 is 5.32 Å². The number of carbonyl (C=O) groups is 1. The van der Waals surface area contributed by atoms with Crippen molar-refractivity contribution in [1.82, 2.24) is 14.9 Å². The van der Waals surface area contributed by atoms with Gasteiger partial charge in [0, 0.05) is 6.04 Å². The minimum absolute atomic E-state index is 0.0901. The highest BCUT2D eigenvalue weighted by Crippen LogP contribution is 2.18. The number of hydrogen-bond acceptors (Lipinski definition) is 4. The van der Waals surface area contributed by atoms with E-state index in [0.29, 0.717) is 0 Å². The smallest absolute Gasteiger partial charge is 0.343 e. The molecule has 1 heterocycles. The standard InChI is InChI=1S/C11H16N4O3/c1-14-9(15(17)18)7-12-10(14)11(16)13-8-5-3-2-4-6-8/h7-8H,2-6H2,1H3,(H,13,16). The molecule has 18 heavy (non-hydrogen) atoms. The van der Waals surface area contributed by atoms with Crippen molar-refractivity contribution in [2.45, 2.75) is 38.1 Å². The van der Waals surface area contributed by atoms with Crippen LogP contribution in [0.15, 0.2) is 6.20 Å². The molecule has 1 N–H and O–H groups in total. The summed E-state index contributed by atoms with van der Waals surface area (Å²) in [7, 11) is 1.47. The van der Waals surface area contributed by atoms with Gasteiger partial charge in [0.25, 0.3) is 5.82 Å². The zero-order chi connectivity index (χ0) is 13.1. The van der Waals surface area contributed by atoms with E-state index in [1.807, 2.05) is 0 Å². The van der Waals surface area contributed by atoms with E-state index >= 15 is 0 Å². The lowest BCUT2D eigenvalue weighted by atomic mass is 9.95. The van der Waals surface area contributed by atoms with Crippen molar-refractivity contribution in [3.63, 3.8) is 0 Å². The van der Waals surface area contributed by atoms with Crippen molar-refractivity contribution in [3.8, 4) is 0 Å². The van der Waals surface area contributed by atoms with Crippen molar-refractivity contribution in [2.75, 3.05) is 0 Å². The molecule has 0 spiro atoms. The predicted molar refractivity (Wildman–Crippen MR) is 64.2 cm³/mol. The van der Waals surface area contributed by atoms with E-state index in [1.54, 1.807) is 0 Å².